The highest BCUT2D eigenvalue weighted by atomic mass is 19.4. The van der Waals surface area contributed by atoms with Gasteiger partial charge in [-0.05, 0) is 68.1 Å². The van der Waals surface area contributed by atoms with Crippen molar-refractivity contribution in [2.24, 2.45) is 0 Å². The Morgan fingerprint density at radius 1 is 1.03 bits per heavy atom. The molecule has 1 saturated carbocycles. The van der Waals surface area contributed by atoms with E-state index in [2.05, 4.69) is 10.6 Å². The third kappa shape index (κ3) is 5.28. The van der Waals surface area contributed by atoms with E-state index < -0.39 is 28.9 Å². The molecule has 0 saturated heterocycles. The van der Waals surface area contributed by atoms with Crippen LogP contribution in [0.5, 0.6) is 5.75 Å². The normalized spacial score (nSPS) is 14.5. The van der Waals surface area contributed by atoms with Gasteiger partial charge in [0.25, 0.3) is 11.8 Å². The van der Waals surface area contributed by atoms with Crippen LogP contribution in [0.2, 0.25) is 0 Å². The number of alkyl halides is 3. The average Bonchev–Trinajstić information content (AvgIpc) is 3.24. The molecule has 0 aliphatic heterocycles. The van der Waals surface area contributed by atoms with Gasteiger partial charge in [-0.15, -0.1) is 0 Å². The topological polar surface area (TPSA) is 83.8 Å². The lowest BCUT2D eigenvalue weighted by atomic mass is 9.71. The molecule has 0 unspecified atom stereocenters. The first-order chi connectivity index (χ1) is 17.4. The van der Waals surface area contributed by atoms with Gasteiger partial charge in [0.2, 0.25) is 5.76 Å². The van der Waals surface area contributed by atoms with Crippen molar-refractivity contribution in [3.05, 3.63) is 76.7 Å². The Morgan fingerprint density at radius 2 is 1.70 bits per heavy atom. The quantitative estimate of drug-likeness (QED) is 0.419. The summed E-state index contributed by atoms with van der Waals surface area (Å²) >= 11 is 0. The lowest BCUT2D eigenvalue weighted by Crippen LogP contribution is -2.51. The van der Waals surface area contributed by atoms with Crippen molar-refractivity contribution in [1.82, 2.24) is 5.32 Å². The zero-order chi connectivity index (χ0) is 27.0. The molecule has 10 heteroatoms. The number of nitrogens with zero attached hydrogens (tertiary/aromatic N) is 1. The number of nitrogens with one attached hydrogen (secondary N) is 2. The predicted molar refractivity (Wildman–Crippen MR) is 133 cm³/mol. The predicted octanol–water partition coefficient (Wildman–Crippen LogP) is 5.74. The van der Waals surface area contributed by atoms with Gasteiger partial charge in [-0.1, -0.05) is 12.1 Å². The Balaban J connectivity index is 1.50. The molecule has 0 radical (unpaired) electrons. The number of benzene rings is 2. The highest BCUT2D eigenvalue weighted by Gasteiger charge is 2.44. The summed E-state index contributed by atoms with van der Waals surface area (Å²) in [5, 5.41) is 5.65. The maximum atomic E-state index is 13.3. The molecule has 2 amide bonds. The molecule has 2 N–H and O–H groups in total. The van der Waals surface area contributed by atoms with Gasteiger partial charge in [-0.25, -0.2) is 0 Å². The SMILES string of the molecule is COc1ccc(C(=O)Nc2ccc(C3(NC(=O)c4cc(C)oc4C(F)(F)F)CCC3)cc2)cc1N(C)C. The smallest absolute Gasteiger partial charge is 0.450 e. The van der Waals surface area contributed by atoms with E-state index >= 15 is 0 Å². The molecule has 1 aliphatic rings. The van der Waals surface area contributed by atoms with Gasteiger partial charge in [0, 0.05) is 25.3 Å². The Labute approximate surface area is 212 Å². The van der Waals surface area contributed by atoms with Gasteiger partial charge in [-0.3, -0.25) is 9.59 Å². The highest BCUT2D eigenvalue weighted by molar-refractivity contribution is 6.05. The molecule has 1 aliphatic carbocycles. The van der Waals surface area contributed by atoms with E-state index in [0.717, 1.165) is 23.7 Å². The van der Waals surface area contributed by atoms with E-state index in [1.807, 2.05) is 19.0 Å². The Hall–Kier alpha value is -3.95. The van der Waals surface area contributed by atoms with Crippen molar-refractivity contribution in [1.29, 1.82) is 0 Å². The van der Waals surface area contributed by atoms with Crippen LogP contribution in [0.4, 0.5) is 24.5 Å². The average molecular weight is 516 g/mol. The summed E-state index contributed by atoms with van der Waals surface area (Å²) in [6.07, 6.45) is -2.78. The molecule has 3 aromatic rings. The lowest BCUT2D eigenvalue weighted by molar-refractivity contribution is -0.153. The number of rotatable bonds is 7. The van der Waals surface area contributed by atoms with Crippen LogP contribution in [-0.4, -0.2) is 33.0 Å². The van der Waals surface area contributed by atoms with E-state index in [1.165, 1.54) is 6.92 Å². The second kappa shape index (κ2) is 9.84. The minimum atomic E-state index is -4.77. The van der Waals surface area contributed by atoms with Gasteiger partial charge < -0.3 is 24.7 Å². The summed E-state index contributed by atoms with van der Waals surface area (Å²) in [7, 11) is 5.27. The molecule has 7 nitrogen and oxygen atoms in total. The van der Waals surface area contributed by atoms with Crippen LogP contribution in [-0.2, 0) is 11.7 Å². The molecule has 37 heavy (non-hydrogen) atoms. The number of methoxy groups -OCH3 is 1. The number of carbonyl (C=O) groups excluding carboxylic acids is 2. The summed E-state index contributed by atoms with van der Waals surface area (Å²) in [6, 6.07) is 13.2. The van der Waals surface area contributed by atoms with Gasteiger partial charge in [0.05, 0.1) is 23.9 Å². The molecule has 4 rings (SSSR count). The number of aryl methyl sites for hydroxylation is 1. The second-order valence-electron chi connectivity index (χ2n) is 9.30. The minimum absolute atomic E-state index is 0.00907. The number of halogens is 3. The van der Waals surface area contributed by atoms with Crippen LogP contribution in [0.3, 0.4) is 0 Å². The molecule has 2 aromatic carbocycles. The Kier molecular flexibility index (Phi) is 6.94. The fraction of sp³-hybridized carbons (Fsp3) is 0.333. The van der Waals surface area contributed by atoms with Crippen molar-refractivity contribution in [2.75, 3.05) is 31.4 Å². The van der Waals surface area contributed by atoms with Gasteiger partial charge in [0.1, 0.15) is 11.5 Å². The standard InChI is InChI=1S/C27H28F3N3O4/c1-16-14-20(23(37-16)27(28,29)30)25(35)32-26(12-5-13-26)18-7-9-19(10-8-18)31-24(34)17-6-11-22(36-4)21(15-17)33(2)3/h6-11,14-15H,5,12-13H2,1-4H3,(H,31,34)(H,32,35). The largest absolute Gasteiger partial charge is 0.495 e. The fourth-order valence-corrected chi connectivity index (χ4v) is 4.45. The van der Waals surface area contributed by atoms with Crippen LogP contribution in [0.1, 0.15) is 57.1 Å². The first-order valence-electron chi connectivity index (χ1n) is 11.7. The lowest BCUT2D eigenvalue weighted by Gasteiger charge is -2.43. The number of hydrogen-bond donors (Lipinski definition) is 2. The van der Waals surface area contributed by atoms with E-state index in [9.17, 15) is 22.8 Å². The van der Waals surface area contributed by atoms with Crippen LogP contribution in [0, 0.1) is 6.92 Å². The monoisotopic (exact) mass is 515 g/mol. The summed E-state index contributed by atoms with van der Waals surface area (Å²) in [5.41, 5.74) is 1.18. The van der Waals surface area contributed by atoms with Crippen molar-refractivity contribution < 1.29 is 31.9 Å². The van der Waals surface area contributed by atoms with Gasteiger partial charge >= 0.3 is 6.18 Å². The maximum Gasteiger partial charge on any atom is 0.450 e. The molecule has 0 bridgehead atoms. The maximum absolute atomic E-state index is 13.3. The molecule has 0 spiro atoms. The fourth-order valence-electron chi connectivity index (χ4n) is 4.45. The number of furan rings is 1. The van der Waals surface area contributed by atoms with Gasteiger partial charge in [-0.2, -0.15) is 13.2 Å². The molecular weight excluding hydrogens is 487 g/mol. The number of anilines is 2. The molecule has 1 heterocycles. The van der Waals surface area contributed by atoms with Crippen molar-refractivity contribution >= 4 is 23.2 Å². The number of amides is 2. The van der Waals surface area contributed by atoms with Gasteiger partial charge in [0.15, 0.2) is 0 Å². The summed E-state index contributed by atoms with van der Waals surface area (Å²) < 4.78 is 50.1. The van der Waals surface area contributed by atoms with Crippen molar-refractivity contribution in [3.8, 4) is 5.75 Å². The molecular formula is C27H28F3N3O4. The molecule has 0 atom stereocenters. The summed E-state index contributed by atoms with van der Waals surface area (Å²) in [6.45, 7) is 1.37. The summed E-state index contributed by atoms with van der Waals surface area (Å²) in [4.78, 5) is 27.5. The third-order valence-electron chi connectivity index (χ3n) is 6.54. The van der Waals surface area contributed by atoms with Crippen LogP contribution in [0.15, 0.2) is 52.9 Å². The first kappa shape index (κ1) is 26.1. The molecule has 1 aromatic heterocycles. The Bertz CT molecular complexity index is 1310. The number of hydrogen-bond acceptors (Lipinski definition) is 5. The van der Waals surface area contributed by atoms with Crippen LogP contribution in [0.25, 0.3) is 0 Å². The van der Waals surface area contributed by atoms with Crippen molar-refractivity contribution in [3.63, 3.8) is 0 Å². The highest BCUT2D eigenvalue weighted by Crippen LogP contribution is 2.42. The van der Waals surface area contributed by atoms with E-state index in [4.69, 9.17) is 9.15 Å². The number of ether oxygens (including phenoxy) is 1. The molecule has 196 valence electrons. The van der Waals surface area contributed by atoms with Crippen LogP contribution < -0.4 is 20.3 Å². The third-order valence-corrected chi connectivity index (χ3v) is 6.54. The number of carbonyl (C=O) groups is 2. The zero-order valence-electron chi connectivity index (χ0n) is 21.0. The minimum Gasteiger partial charge on any atom is -0.495 e. The van der Waals surface area contributed by atoms with Crippen LogP contribution >= 0.6 is 0 Å². The van der Waals surface area contributed by atoms with E-state index in [-0.39, 0.29) is 11.7 Å². The van der Waals surface area contributed by atoms with E-state index in [1.54, 1.807) is 49.6 Å². The summed E-state index contributed by atoms with van der Waals surface area (Å²) in [5.74, 6) is -1.79. The second-order valence-corrected chi connectivity index (χ2v) is 9.30. The Morgan fingerprint density at radius 3 is 2.24 bits per heavy atom. The molecule has 1 fully saturated rings. The first-order valence-corrected chi connectivity index (χ1v) is 11.7. The zero-order valence-corrected chi connectivity index (χ0v) is 21.0. The van der Waals surface area contributed by atoms with Crippen molar-refractivity contribution in [2.45, 2.75) is 37.9 Å². The van der Waals surface area contributed by atoms with E-state index in [0.29, 0.717) is 29.8 Å².